The molecule has 7 heteroatoms. The second-order valence-corrected chi connectivity index (χ2v) is 5.17. The smallest absolute Gasteiger partial charge is 0.202 e. The van der Waals surface area contributed by atoms with Crippen LogP contribution in [0.1, 0.15) is 0 Å². The van der Waals surface area contributed by atoms with Gasteiger partial charge in [0, 0.05) is 24.6 Å². The first kappa shape index (κ1) is 14.7. The second kappa shape index (κ2) is 7.78. The lowest BCUT2D eigenvalue weighted by Crippen LogP contribution is -2.40. The summed E-state index contributed by atoms with van der Waals surface area (Å²) in [6, 6.07) is 10.0. The van der Waals surface area contributed by atoms with Gasteiger partial charge in [-0.05, 0) is 12.2 Å². The summed E-state index contributed by atoms with van der Waals surface area (Å²) in [6.07, 6.45) is 0. The molecule has 1 aromatic carbocycles. The van der Waals surface area contributed by atoms with Crippen LogP contribution in [0.5, 0.6) is 0 Å². The second-order valence-electron chi connectivity index (χ2n) is 3.90. The number of ether oxygens (including phenoxy) is 1. The Labute approximate surface area is 127 Å². The molecule has 0 unspecified atom stereocenters. The molecule has 0 atom stereocenters. The Balaban J connectivity index is 1.83. The van der Waals surface area contributed by atoms with Gasteiger partial charge in [-0.3, -0.25) is 10.9 Å². The minimum Gasteiger partial charge on any atom is -0.383 e. The molecule has 1 heterocycles. The van der Waals surface area contributed by atoms with Crippen molar-refractivity contribution in [3.8, 4) is 11.3 Å². The Hall–Kier alpha value is -1.70. The lowest BCUT2D eigenvalue weighted by Gasteiger charge is -2.09. The van der Waals surface area contributed by atoms with E-state index in [1.165, 1.54) is 11.3 Å². The van der Waals surface area contributed by atoms with E-state index in [-0.39, 0.29) is 0 Å². The number of rotatable bonds is 6. The van der Waals surface area contributed by atoms with Gasteiger partial charge in [0.05, 0.1) is 12.3 Å². The third-order valence-electron chi connectivity index (χ3n) is 2.45. The number of hydrazine groups is 1. The van der Waals surface area contributed by atoms with Crippen LogP contribution in [0, 0.1) is 0 Å². The maximum atomic E-state index is 5.10. The molecule has 5 nitrogen and oxygen atoms in total. The van der Waals surface area contributed by atoms with Crippen molar-refractivity contribution >= 4 is 33.8 Å². The molecule has 0 saturated carbocycles. The molecule has 0 radical (unpaired) electrons. The first-order valence-electron chi connectivity index (χ1n) is 6.09. The Morgan fingerprint density at radius 1 is 1.35 bits per heavy atom. The summed E-state index contributed by atoms with van der Waals surface area (Å²) in [7, 11) is 1.65. The zero-order valence-corrected chi connectivity index (χ0v) is 12.7. The largest absolute Gasteiger partial charge is 0.383 e. The zero-order valence-electron chi connectivity index (χ0n) is 11.1. The van der Waals surface area contributed by atoms with Crippen molar-refractivity contribution in [1.29, 1.82) is 0 Å². The molecule has 106 valence electrons. The van der Waals surface area contributed by atoms with Crippen LogP contribution in [0.4, 0.5) is 5.13 Å². The van der Waals surface area contributed by atoms with Gasteiger partial charge in [-0.25, -0.2) is 4.98 Å². The van der Waals surface area contributed by atoms with Crippen LogP contribution < -0.4 is 16.2 Å². The predicted octanol–water partition coefficient (Wildman–Crippen LogP) is 2.25. The fraction of sp³-hybridized carbons (Fsp3) is 0.231. The lowest BCUT2D eigenvalue weighted by molar-refractivity contribution is 0.204. The summed E-state index contributed by atoms with van der Waals surface area (Å²) < 4.78 is 4.93. The van der Waals surface area contributed by atoms with Gasteiger partial charge in [0.2, 0.25) is 5.13 Å². The molecule has 0 spiro atoms. The van der Waals surface area contributed by atoms with Gasteiger partial charge in [0.15, 0.2) is 5.11 Å². The van der Waals surface area contributed by atoms with Crippen LogP contribution in [-0.2, 0) is 4.74 Å². The van der Waals surface area contributed by atoms with E-state index in [0.29, 0.717) is 18.3 Å². The number of nitrogens with one attached hydrogen (secondary N) is 3. The third kappa shape index (κ3) is 4.44. The minimum absolute atomic E-state index is 0.513. The summed E-state index contributed by atoms with van der Waals surface area (Å²) in [5.41, 5.74) is 7.90. The average molecular weight is 308 g/mol. The molecule has 3 N–H and O–H groups in total. The van der Waals surface area contributed by atoms with Crippen molar-refractivity contribution < 1.29 is 4.74 Å². The molecule has 0 fully saturated rings. The number of nitrogens with zero attached hydrogens (tertiary/aromatic N) is 1. The Bertz CT molecular complexity index is 544. The van der Waals surface area contributed by atoms with Crippen LogP contribution in [0.2, 0.25) is 0 Å². The molecule has 2 aromatic rings. The van der Waals surface area contributed by atoms with Crippen LogP contribution in [0.3, 0.4) is 0 Å². The predicted molar refractivity (Wildman–Crippen MR) is 86.8 cm³/mol. The van der Waals surface area contributed by atoms with Gasteiger partial charge >= 0.3 is 0 Å². The maximum absolute atomic E-state index is 5.10. The summed E-state index contributed by atoms with van der Waals surface area (Å²) in [4.78, 5) is 4.48. The van der Waals surface area contributed by atoms with E-state index < -0.39 is 0 Å². The molecule has 0 saturated heterocycles. The minimum atomic E-state index is 0.513. The monoisotopic (exact) mass is 308 g/mol. The molecule has 0 aliphatic rings. The summed E-state index contributed by atoms with van der Waals surface area (Å²) >= 11 is 6.62. The van der Waals surface area contributed by atoms with E-state index >= 15 is 0 Å². The van der Waals surface area contributed by atoms with Gasteiger partial charge in [-0.15, -0.1) is 11.3 Å². The number of thiocarbonyl (C=S) groups is 1. The zero-order chi connectivity index (χ0) is 14.2. The van der Waals surface area contributed by atoms with E-state index in [1.807, 2.05) is 35.7 Å². The molecule has 0 aliphatic carbocycles. The van der Waals surface area contributed by atoms with Crippen LogP contribution in [0.25, 0.3) is 11.3 Å². The Morgan fingerprint density at radius 3 is 2.90 bits per heavy atom. The van der Waals surface area contributed by atoms with Crippen LogP contribution in [-0.4, -0.2) is 30.4 Å². The lowest BCUT2D eigenvalue weighted by atomic mass is 10.2. The highest BCUT2D eigenvalue weighted by Gasteiger charge is 2.03. The van der Waals surface area contributed by atoms with Gasteiger partial charge in [-0.1, -0.05) is 30.3 Å². The van der Waals surface area contributed by atoms with E-state index in [4.69, 9.17) is 17.0 Å². The van der Waals surface area contributed by atoms with Gasteiger partial charge in [0.1, 0.15) is 0 Å². The average Bonchev–Trinajstić information content (AvgIpc) is 2.95. The van der Waals surface area contributed by atoms with Crippen LogP contribution >= 0.6 is 23.6 Å². The first-order valence-corrected chi connectivity index (χ1v) is 7.38. The highest BCUT2D eigenvalue weighted by molar-refractivity contribution is 7.80. The van der Waals surface area contributed by atoms with Crippen molar-refractivity contribution in [3.63, 3.8) is 0 Å². The quantitative estimate of drug-likeness (QED) is 0.432. The van der Waals surface area contributed by atoms with E-state index in [0.717, 1.165) is 16.4 Å². The topological polar surface area (TPSA) is 58.2 Å². The molecule has 0 amide bonds. The normalized spacial score (nSPS) is 10.1. The molecular weight excluding hydrogens is 292 g/mol. The fourth-order valence-corrected chi connectivity index (χ4v) is 2.32. The van der Waals surface area contributed by atoms with Crippen molar-refractivity contribution in [1.82, 2.24) is 15.7 Å². The number of thiazole rings is 1. The molecule has 20 heavy (non-hydrogen) atoms. The maximum Gasteiger partial charge on any atom is 0.202 e. The third-order valence-corrected chi connectivity index (χ3v) is 3.45. The Kier molecular flexibility index (Phi) is 5.72. The van der Waals surface area contributed by atoms with Crippen LogP contribution in [0.15, 0.2) is 35.7 Å². The van der Waals surface area contributed by atoms with Crippen molar-refractivity contribution in [2.75, 3.05) is 25.7 Å². The molecule has 2 rings (SSSR count). The van der Waals surface area contributed by atoms with Gasteiger partial charge < -0.3 is 10.1 Å². The highest BCUT2D eigenvalue weighted by atomic mass is 32.1. The summed E-state index contributed by atoms with van der Waals surface area (Å²) in [6.45, 7) is 1.27. The Morgan fingerprint density at radius 2 is 2.15 bits per heavy atom. The number of benzene rings is 1. The molecular formula is C13H16N4OS2. The standard InChI is InChI=1S/C13H16N4OS2/c1-18-8-7-14-12(19)16-17-13-15-11(9-20-13)10-5-3-2-4-6-10/h2-6,9H,7-8H2,1H3,(H,15,17)(H2,14,16,19). The van der Waals surface area contributed by atoms with E-state index in [1.54, 1.807) is 7.11 Å². The number of hydrogen-bond acceptors (Lipinski definition) is 5. The summed E-state index contributed by atoms with van der Waals surface area (Å²) in [5.74, 6) is 0. The van der Waals surface area contributed by atoms with Crippen molar-refractivity contribution in [2.24, 2.45) is 0 Å². The SMILES string of the molecule is COCCNC(=S)NNc1nc(-c2ccccc2)cs1. The van der Waals surface area contributed by atoms with Gasteiger partial charge in [0.25, 0.3) is 0 Å². The number of aromatic nitrogens is 1. The molecule has 0 bridgehead atoms. The number of methoxy groups -OCH3 is 1. The number of hydrogen-bond donors (Lipinski definition) is 3. The van der Waals surface area contributed by atoms with Gasteiger partial charge in [-0.2, -0.15) is 0 Å². The fourth-order valence-electron chi connectivity index (χ4n) is 1.49. The molecule has 0 aliphatic heterocycles. The van der Waals surface area contributed by atoms with E-state index in [9.17, 15) is 0 Å². The number of anilines is 1. The highest BCUT2D eigenvalue weighted by Crippen LogP contribution is 2.23. The van der Waals surface area contributed by atoms with Crippen molar-refractivity contribution in [3.05, 3.63) is 35.7 Å². The summed E-state index contributed by atoms with van der Waals surface area (Å²) in [5, 5.41) is 6.28. The van der Waals surface area contributed by atoms with Crippen molar-refractivity contribution in [2.45, 2.75) is 0 Å². The first-order chi connectivity index (χ1) is 9.79. The molecule has 1 aromatic heterocycles. The van der Waals surface area contributed by atoms with E-state index in [2.05, 4.69) is 21.2 Å².